The average Bonchev–Trinajstić information content (AvgIpc) is 1.88. The Morgan fingerprint density at radius 1 is 1.60 bits per heavy atom. The minimum absolute atomic E-state index is 0.657. The summed E-state index contributed by atoms with van der Waals surface area (Å²) in [4.78, 5) is 0. The van der Waals surface area contributed by atoms with Crippen molar-refractivity contribution in [2.75, 3.05) is 0 Å². The molecule has 1 nitrogen and oxygen atoms in total. The average molecular weight is 137 g/mol. The predicted octanol–water partition coefficient (Wildman–Crippen LogP) is 2.06. The van der Waals surface area contributed by atoms with Gasteiger partial charge in [0.25, 0.3) is 0 Å². The third kappa shape index (κ3) is 1.63. The van der Waals surface area contributed by atoms with E-state index >= 15 is 0 Å². The molecule has 0 saturated carbocycles. The van der Waals surface area contributed by atoms with E-state index in [-0.39, 0.29) is 0 Å². The van der Waals surface area contributed by atoms with Gasteiger partial charge < -0.3 is 5.73 Å². The molecule has 10 heavy (non-hydrogen) atoms. The topological polar surface area (TPSA) is 26.0 Å². The Balaban J connectivity index is 2.55. The summed E-state index contributed by atoms with van der Waals surface area (Å²) in [7, 11) is 0. The molecule has 0 spiro atoms. The van der Waals surface area contributed by atoms with Crippen LogP contribution >= 0.6 is 0 Å². The summed E-state index contributed by atoms with van der Waals surface area (Å²) in [6.07, 6.45) is 7.32. The van der Waals surface area contributed by atoms with Crippen LogP contribution in [-0.4, -0.2) is 0 Å². The van der Waals surface area contributed by atoms with E-state index < -0.39 is 0 Å². The lowest BCUT2D eigenvalue weighted by Gasteiger charge is -2.19. The molecule has 0 fully saturated rings. The Hall–Kier alpha value is -0.720. The zero-order chi connectivity index (χ0) is 7.56. The van der Waals surface area contributed by atoms with Gasteiger partial charge in [-0.3, -0.25) is 0 Å². The summed E-state index contributed by atoms with van der Waals surface area (Å²) in [5.41, 5.74) is 6.69. The van der Waals surface area contributed by atoms with Gasteiger partial charge in [0.2, 0.25) is 0 Å². The van der Waals surface area contributed by atoms with Crippen LogP contribution < -0.4 is 5.73 Å². The molecule has 2 N–H and O–H groups in total. The van der Waals surface area contributed by atoms with Crippen molar-refractivity contribution in [1.29, 1.82) is 0 Å². The molecule has 1 atom stereocenters. The Morgan fingerprint density at radius 3 is 2.70 bits per heavy atom. The second-order valence-corrected chi connectivity index (χ2v) is 3.24. The molecule has 0 aliphatic heterocycles. The number of rotatable bonds is 1. The number of allylic oxidation sites excluding steroid dienone is 4. The van der Waals surface area contributed by atoms with Crippen LogP contribution in [0.15, 0.2) is 23.9 Å². The molecule has 0 heterocycles. The van der Waals surface area contributed by atoms with Crippen LogP contribution in [0.4, 0.5) is 0 Å². The van der Waals surface area contributed by atoms with Crippen molar-refractivity contribution < 1.29 is 0 Å². The molecule has 0 amide bonds. The van der Waals surface area contributed by atoms with Crippen molar-refractivity contribution in [3.63, 3.8) is 0 Å². The summed E-state index contributed by atoms with van der Waals surface area (Å²) >= 11 is 0. The molecular formula is C9H15N. The van der Waals surface area contributed by atoms with Gasteiger partial charge in [-0.15, -0.1) is 0 Å². The summed E-state index contributed by atoms with van der Waals surface area (Å²) in [5, 5.41) is 0. The van der Waals surface area contributed by atoms with Gasteiger partial charge in [-0.1, -0.05) is 26.0 Å². The summed E-state index contributed by atoms with van der Waals surface area (Å²) in [6, 6.07) is 0. The minimum atomic E-state index is 0.657. The van der Waals surface area contributed by atoms with Crippen LogP contribution in [-0.2, 0) is 0 Å². The molecule has 1 heteroatoms. The van der Waals surface area contributed by atoms with Crippen LogP contribution in [0.25, 0.3) is 0 Å². The first-order valence-electron chi connectivity index (χ1n) is 3.83. The van der Waals surface area contributed by atoms with Gasteiger partial charge in [0.15, 0.2) is 0 Å². The van der Waals surface area contributed by atoms with E-state index in [1.807, 2.05) is 6.08 Å². The molecule has 0 aromatic rings. The van der Waals surface area contributed by atoms with Crippen molar-refractivity contribution in [2.45, 2.75) is 20.3 Å². The van der Waals surface area contributed by atoms with E-state index in [9.17, 15) is 0 Å². The highest BCUT2D eigenvalue weighted by molar-refractivity contribution is 5.17. The van der Waals surface area contributed by atoms with Crippen molar-refractivity contribution in [3.05, 3.63) is 23.9 Å². The van der Waals surface area contributed by atoms with E-state index in [1.54, 1.807) is 0 Å². The molecule has 1 rings (SSSR count). The predicted molar refractivity (Wildman–Crippen MR) is 44.4 cm³/mol. The first-order valence-corrected chi connectivity index (χ1v) is 3.83. The van der Waals surface area contributed by atoms with Gasteiger partial charge in [0, 0.05) is 5.70 Å². The lowest BCUT2D eigenvalue weighted by Crippen LogP contribution is -2.12. The normalized spacial score (nSPS) is 25.1. The van der Waals surface area contributed by atoms with Crippen LogP contribution in [0, 0.1) is 11.8 Å². The van der Waals surface area contributed by atoms with Gasteiger partial charge in [0.05, 0.1) is 0 Å². The van der Waals surface area contributed by atoms with Crippen LogP contribution in [0.1, 0.15) is 20.3 Å². The smallest absolute Gasteiger partial charge is 0.00863 e. The number of hydrogen-bond donors (Lipinski definition) is 1. The van der Waals surface area contributed by atoms with Crippen molar-refractivity contribution in [3.8, 4) is 0 Å². The molecule has 1 aliphatic carbocycles. The zero-order valence-electron chi connectivity index (χ0n) is 6.67. The summed E-state index contributed by atoms with van der Waals surface area (Å²) in [6.45, 7) is 4.46. The fraction of sp³-hybridized carbons (Fsp3) is 0.556. The molecule has 56 valence electrons. The highest BCUT2D eigenvalue weighted by atomic mass is 14.6. The van der Waals surface area contributed by atoms with Crippen LogP contribution in [0.2, 0.25) is 0 Å². The molecule has 0 aromatic carbocycles. The highest BCUT2D eigenvalue weighted by Crippen LogP contribution is 2.22. The molecule has 0 aromatic heterocycles. The van der Waals surface area contributed by atoms with Crippen molar-refractivity contribution in [2.24, 2.45) is 17.6 Å². The largest absolute Gasteiger partial charge is 0.402 e. The summed E-state index contributed by atoms with van der Waals surface area (Å²) < 4.78 is 0. The monoisotopic (exact) mass is 137 g/mol. The van der Waals surface area contributed by atoms with Crippen LogP contribution in [0.5, 0.6) is 0 Å². The molecule has 1 unspecified atom stereocenters. The fourth-order valence-corrected chi connectivity index (χ4v) is 1.19. The quantitative estimate of drug-likeness (QED) is 0.588. The summed E-state index contributed by atoms with van der Waals surface area (Å²) in [5.74, 6) is 1.37. The van der Waals surface area contributed by atoms with Gasteiger partial charge in [-0.2, -0.15) is 0 Å². The Labute approximate surface area is 62.6 Å². The number of hydrogen-bond acceptors (Lipinski definition) is 1. The van der Waals surface area contributed by atoms with Gasteiger partial charge in [0.1, 0.15) is 0 Å². The highest BCUT2D eigenvalue weighted by Gasteiger charge is 2.12. The molecule has 0 bridgehead atoms. The third-order valence-electron chi connectivity index (χ3n) is 2.00. The zero-order valence-corrected chi connectivity index (χ0v) is 6.67. The first kappa shape index (κ1) is 7.39. The maximum absolute atomic E-state index is 5.67. The lowest BCUT2D eigenvalue weighted by atomic mass is 9.88. The van der Waals surface area contributed by atoms with E-state index in [1.165, 1.54) is 0 Å². The van der Waals surface area contributed by atoms with E-state index in [0.29, 0.717) is 11.8 Å². The Kier molecular flexibility index (Phi) is 2.15. The van der Waals surface area contributed by atoms with Gasteiger partial charge >= 0.3 is 0 Å². The maximum Gasteiger partial charge on any atom is 0.00863 e. The first-order chi connectivity index (χ1) is 4.70. The van der Waals surface area contributed by atoms with E-state index in [0.717, 1.165) is 12.1 Å². The van der Waals surface area contributed by atoms with Crippen molar-refractivity contribution in [1.82, 2.24) is 0 Å². The molecule has 0 saturated heterocycles. The lowest BCUT2D eigenvalue weighted by molar-refractivity contribution is 0.457. The molecule has 1 aliphatic rings. The standard InChI is InChI=1S/C9H15N/c1-7(2)8-4-3-5-9(10)6-8/h3-5,7-8H,6,10H2,1-2H3. The van der Waals surface area contributed by atoms with E-state index in [2.05, 4.69) is 26.0 Å². The fourth-order valence-electron chi connectivity index (χ4n) is 1.19. The van der Waals surface area contributed by atoms with Gasteiger partial charge in [-0.25, -0.2) is 0 Å². The minimum Gasteiger partial charge on any atom is -0.402 e. The van der Waals surface area contributed by atoms with Crippen molar-refractivity contribution >= 4 is 0 Å². The molecule has 0 radical (unpaired) electrons. The Morgan fingerprint density at radius 2 is 2.30 bits per heavy atom. The third-order valence-corrected chi connectivity index (χ3v) is 2.00. The Bertz CT molecular complexity index is 166. The van der Waals surface area contributed by atoms with Crippen LogP contribution in [0.3, 0.4) is 0 Å². The second-order valence-electron chi connectivity index (χ2n) is 3.24. The second kappa shape index (κ2) is 2.91. The number of nitrogens with two attached hydrogens (primary N) is 1. The maximum atomic E-state index is 5.67. The van der Waals surface area contributed by atoms with Gasteiger partial charge in [-0.05, 0) is 24.3 Å². The van der Waals surface area contributed by atoms with E-state index in [4.69, 9.17) is 5.73 Å². The molecular weight excluding hydrogens is 122 g/mol. The SMILES string of the molecule is CC(C)C1C=CC=C(N)C1.